The zero-order valence-electron chi connectivity index (χ0n) is 18.5. The fourth-order valence-corrected chi connectivity index (χ4v) is 5.62. The maximum Gasteiger partial charge on any atom is 0.219 e. The van der Waals surface area contributed by atoms with Gasteiger partial charge in [-0.05, 0) is 49.7 Å². The van der Waals surface area contributed by atoms with Crippen LogP contribution in [0.5, 0.6) is 0 Å². The number of hydrogen-bond donors (Lipinski definition) is 1. The molecule has 0 aromatic carbocycles. The molecule has 2 fully saturated rings. The van der Waals surface area contributed by atoms with Gasteiger partial charge in [-0.1, -0.05) is 13.8 Å². The number of aromatic nitrogens is 2. The summed E-state index contributed by atoms with van der Waals surface area (Å²) < 4.78 is 2.15. The largest absolute Gasteiger partial charge is 0.366 e. The highest BCUT2D eigenvalue weighted by molar-refractivity contribution is 7.80. The van der Waals surface area contributed by atoms with E-state index in [4.69, 9.17) is 17.3 Å². The summed E-state index contributed by atoms with van der Waals surface area (Å²) in [5, 5.41) is 8.93. The van der Waals surface area contributed by atoms with E-state index in [1.54, 1.807) is 6.92 Å². The van der Waals surface area contributed by atoms with Crippen LogP contribution in [-0.2, 0) is 11.2 Å². The molecule has 0 unspecified atom stereocenters. The third kappa shape index (κ3) is 3.74. The monoisotopic (exact) mass is 431 g/mol. The molecular weight excluding hydrogens is 398 g/mol. The second-order valence-corrected chi connectivity index (χ2v) is 10.1. The van der Waals surface area contributed by atoms with Gasteiger partial charge in [0.25, 0.3) is 0 Å². The minimum atomic E-state index is -0.0607. The summed E-state index contributed by atoms with van der Waals surface area (Å²) in [6, 6.07) is 0.290. The van der Waals surface area contributed by atoms with E-state index in [-0.39, 0.29) is 29.2 Å². The summed E-state index contributed by atoms with van der Waals surface area (Å²) >= 11 is 5.54. The van der Waals surface area contributed by atoms with Crippen LogP contribution >= 0.6 is 12.2 Å². The highest BCUT2D eigenvalue weighted by atomic mass is 32.1. The average Bonchev–Trinajstić information content (AvgIpc) is 3.31. The lowest BCUT2D eigenvalue weighted by molar-refractivity contribution is -0.130. The summed E-state index contributed by atoms with van der Waals surface area (Å²) in [6.07, 6.45) is 5.19. The van der Waals surface area contributed by atoms with Gasteiger partial charge in [0.1, 0.15) is 0 Å². The van der Waals surface area contributed by atoms with E-state index >= 15 is 0 Å². The average molecular weight is 432 g/mol. The Morgan fingerprint density at radius 1 is 1.17 bits per heavy atom. The first-order valence-corrected chi connectivity index (χ1v) is 11.5. The standard InChI is InChI=1S/C22H33N5O2S/c1-14(28)25-10-7-15(8-11-25)27-17-12-22(2,3)13-18(29)19(17)20(24-27)16-6-5-9-26(16)21(30)23-4/h15-16H,5-13H2,1-4H3,(H,23,30)/t16-/m0/s1. The Balaban J connectivity index is 1.73. The van der Waals surface area contributed by atoms with Crippen molar-refractivity contribution >= 4 is 29.0 Å². The van der Waals surface area contributed by atoms with Gasteiger partial charge >= 0.3 is 0 Å². The molecule has 4 rings (SSSR count). The molecule has 1 aromatic rings. The van der Waals surface area contributed by atoms with Crippen molar-refractivity contribution in [2.75, 3.05) is 26.7 Å². The molecule has 1 aromatic heterocycles. The van der Waals surface area contributed by atoms with Gasteiger partial charge in [-0.2, -0.15) is 5.10 Å². The molecule has 30 heavy (non-hydrogen) atoms. The van der Waals surface area contributed by atoms with Gasteiger partial charge in [-0.3, -0.25) is 14.3 Å². The molecule has 7 nitrogen and oxygen atoms in total. The number of piperidine rings is 1. The van der Waals surface area contributed by atoms with Crippen LogP contribution in [0.25, 0.3) is 0 Å². The Morgan fingerprint density at radius 3 is 2.50 bits per heavy atom. The summed E-state index contributed by atoms with van der Waals surface area (Å²) in [4.78, 5) is 29.1. The fraction of sp³-hybridized carbons (Fsp3) is 0.727. The van der Waals surface area contributed by atoms with Gasteiger partial charge in [-0.25, -0.2) is 0 Å². The molecule has 0 radical (unpaired) electrons. The Kier molecular flexibility index (Phi) is 5.64. The van der Waals surface area contributed by atoms with E-state index in [2.05, 4.69) is 28.7 Å². The van der Waals surface area contributed by atoms with E-state index in [0.717, 1.165) is 73.8 Å². The van der Waals surface area contributed by atoms with Crippen molar-refractivity contribution in [2.45, 2.75) is 71.4 Å². The molecule has 164 valence electrons. The molecular formula is C22H33N5O2S. The van der Waals surface area contributed by atoms with Crippen molar-refractivity contribution in [3.8, 4) is 0 Å². The third-order valence-corrected chi connectivity index (χ3v) is 7.34. The van der Waals surface area contributed by atoms with Crippen molar-refractivity contribution < 1.29 is 9.59 Å². The number of amides is 1. The first-order chi connectivity index (χ1) is 14.2. The Hall–Kier alpha value is -1.96. The minimum Gasteiger partial charge on any atom is -0.366 e. The lowest BCUT2D eigenvalue weighted by Crippen LogP contribution is -2.38. The Morgan fingerprint density at radius 2 is 1.87 bits per heavy atom. The van der Waals surface area contributed by atoms with Gasteiger partial charge in [0, 0.05) is 40.0 Å². The number of Topliss-reactive ketones (excluding diaryl/α,β-unsaturated/α-hetero) is 1. The third-order valence-electron chi connectivity index (χ3n) is 6.90. The molecule has 1 aliphatic carbocycles. The summed E-state index contributed by atoms with van der Waals surface area (Å²) in [7, 11) is 1.85. The molecule has 2 saturated heterocycles. The maximum absolute atomic E-state index is 13.3. The van der Waals surface area contributed by atoms with Gasteiger partial charge in [-0.15, -0.1) is 0 Å². The van der Waals surface area contributed by atoms with E-state index in [0.29, 0.717) is 6.42 Å². The topological polar surface area (TPSA) is 70.5 Å². The second kappa shape index (κ2) is 7.94. The lowest BCUT2D eigenvalue weighted by atomic mass is 9.75. The molecule has 3 aliphatic rings. The fourth-order valence-electron chi connectivity index (χ4n) is 5.40. The molecule has 1 amide bonds. The zero-order chi connectivity index (χ0) is 21.6. The van der Waals surface area contributed by atoms with Gasteiger partial charge in [0.2, 0.25) is 5.91 Å². The van der Waals surface area contributed by atoms with Crippen LogP contribution < -0.4 is 5.32 Å². The number of thiocarbonyl (C=S) groups is 1. The lowest BCUT2D eigenvalue weighted by Gasteiger charge is -2.34. The van der Waals surface area contributed by atoms with Crippen LogP contribution in [0.15, 0.2) is 0 Å². The number of carbonyl (C=O) groups excluding carboxylic acids is 2. The highest BCUT2D eigenvalue weighted by Crippen LogP contribution is 2.42. The van der Waals surface area contributed by atoms with Crippen molar-refractivity contribution in [2.24, 2.45) is 5.41 Å². The van der Waals surface area contributed by atoms with Crippen LogP contribution in [0.1, 0.15) is 86.7 Å². The highest BCUT2D eigenvalue weighted by Gasteiger charge is 2.42. The number of hydrogen-bond acceptors (Lipinski definition) is 4. The molecule has 0 bridgehead atoms. The van der Waals surface area contributed by atoms with Gasteiger partial charge in [0.15, 0.2) is 10.9 Å². The second-order valence-electron chi connectivity index (χ2n) is 9.74. The van der Waals surface area contributed by atoms with Crippen LogP contribution in [0.3, 0.4) is 0 Å². The predicted molar refractivity (Wildman–Crippen MR) is 120 cm³/mol. The number of fused-ring (bicyclic) bond motifs is 1. The quantitative estimate of drug-likeness (QED) is 0.726. The molecule has 0 saturated carbocycles. The molecule has 3 heterocycles. The SMILES string of the molecule is CNC(=S)N1CCC[C@H]1c1nn(C2CCN(C(C)=O)CC2)c2c1C(=O)CC(C)(C)C2. The minimum absolute atomic E-state index is 0.0578. The van der Waals surface area contributed by atoms with Crippen molar-refractivity contribution in [1.29, 1.82) is 0 Å². The molecule has 8 heteroatoms. The zero-order valence-corrected chi connectivity index (χ0v) is 19.3. The molecule has 2 aliphatic heterocycles. The summed E-state index contributed by atoms with van der Waals surface area (Å²) in [6.45, 7) is 8.36. The Labute approximate surface area is 184 Å². The number of rotatable bonds is 2. The van der Waals surface area contributed by atoms with Crippen LogP contribution in [-0.4, -0.2) is 63.1 Å². The van der Waals surface area contributed by atoms with Crippen LogP contribution in [0.2, 0.25) is 0 Å². The van der Waals surface area contributed by atoms with Crippen molar-refractivity contribution in [3.05, 3.63) is 17.0 Å². The number of carbonyl (C=O) groups is 2. The summed E-state index contributed by atoms with van der Waals surface area (Å²) in [5.41, 5.74) is 2.79. The van der Waals surface area contributed by atoms with Crippen molar-refractivity contribution in [3.63, 3.8) is 0 Å². The Bertz CT molecular complexity index is 869. The molecule has 0 spiro atoms. The molecule has 1 atom stereocenters. The predicted octanol–water partition coefficient (Wildman–Crippen LogP) is 2.86. The van der Waals surface area contributed by atoms with E-state index in [9.17, 15) is 9.59 Å². The first-order valence-electron chi connectivity index (χ1n) is 11.1. The van der Waals surface area contributed by atoms with E-state index in [1.165, 1.54) is 0 Å². The number of nitrogens with zero attached hydrogens (tertiary/aromatic N) is 4. The summed E-state index contributed by atoms with van der Waals surface area (Å²) in [5.74, 6) is 0.348. The number of likely N-dealkylation sites (tertiary alicyclic amines) is 2. The van der Waals surface area contributed by atoms with Crippen LogP contribution in [0.4, 0.5) is 0 Å². The maximum atomic E-state index is 13.3. The first kappa shape index (κ1) is 21.3. The van der Waals surface area contributed by atoms with Crippen LogP contribution in [0, 0.1) is 5.41 Å². The number of ketones is 1. The van der Waals surface area contributed by atoms with Gasteiger partial charge < -0.3 is 15.1 Å². The van der Waals surface area contributed by atoms with E-state index in [1.807, 2.05) is 11.9 Å². The van der Waals surface area contributed by atoms with Gasteiger partial charge in [0.05, 0.1) is 29.0 Å². The normalized spacial score (nSPS) is 24.1. The number of nitrogens with one attached hydrogen (secondary N) is 1. The van der Waals surface area contributed by atoms with Crippen molar-refractivity contribution in [1.82, 2.24) is 24.9 Å². The smallest absolute Gasteiger partial charge is 0.219 e. The van der Waals surface area contributed by atoms with E-state index < -0.39 is 0 Å². The molecule has 1 N–H and O–H groups in total.